The first kappa shape index (κ1) is 20.3. The molecule has 0 spiro atoms. The molecule has 0 heterocycles. The van der Waals surface area contributed by atoms with Gasteiger partial charge in [0.25, 0.3) is 0 Å². The van der Waals surface area contributed by atoms with Crippen LogP contribution in [0.5, 0.6) is 0 Å². The molecule has 0 aromatic heterocycles. The molecule has 1 N–H and O–H groups in total. The van der Waals surface area contributed by atoms with Crippen LogP contribution in [0.25, 0.3) is 0 Å². The highest BCUT2D eigenvalue weighted by Crippen LogP contribution is 2.46. The second kappa shape index (κ2) is 6.88. The van der Waals surface area contributed by atoms with Crippen LogP contribution in [0.3, 0.4) is 0 Å². The summed E-state index contributed by atoms with van der Waals surface area (Å²) in [6, 6.07) is 9.20. The zero-order valence-corrected chi connectivity index (χ0v) is 17.8. The molecule has 0 bridgehead atoms. The van der Waals surface area contributed by atoms with Crippen LogP contribution in [0.4, 0.5) is 0 Å². The van der Waals surface area contributed by atoms with Crippen molar-refractivity contribution >= 4 is 11.8 Å². The van der Waals surface area contributed by atoms with E-state index in [1.54, 1.807) is 18.2 Å². The van der Waals surface area contributed by atoms with Gasteiger partial charge in [0.1, 0.15) is 0 Å². The summed E-state index contributed by atoms with van der Waals surface area (Å²) in [5.74, 6) is -0.990. The van der Waals surface area contributed by atoms with Gasteiger partial charge in [-0.3, -0.25) is 4.79 Å². The highest BCUT2D eigenvalue weighted by molar-refractivity contribution is 6.10. The van der Waals surface area contributed by atoms with Gasteiger partial charge < -0.3 is 5.11 Å². The molecular weight excluding hydrogens is 348 g/mol. The zero-order chi connectivity index (χ0) is 20.9. The number of benzene rings is 2. The smallest absolute Gasteiger partial charge is 0.335 e. The minimum atomic E-state index is -0.954. The normalized spacial score (nSPS) is 17.1. The molecule has 1 aliphatic rings. The van der Waals surface area contributed by atoms with E-state index < -0.39 is 5.97 Å². The van der Waals surface area contributed by atoms with E-state index >= 15 is 0 Å². The minimum absolute atomic E-state index is 0.0360. The highest BCUT2D eigenvalue weighted by Gasteiger charge is 2.37. The Morgan fingerprint density at radius 3 is 2.04 bits per heavy atom. The number of carbonyl (C=O) groups is 2. The van der Waals surface area contributed by atoms with Crippen LogP contribution in [0, 0.1) is 6.92 Å². The predicted molar refractivity (Wildman–Crippen MR) is 113 cm³/mol. The van der Waals surface area contributed by atoms with E-state index in [0.29, 0.717) is 17.5 Å². The maximum Gasteiger partial charge on any atom is 0.335 e. The molecule has 3 nitrogen and oxygen atoms in total. The molecule has 2 aromatic carbocycles. The number of carbonyl (C=O) groups excluding carboxylic acids is 1. The van der Waals surface area contributed by atoms with Gasteiger partial charge in [-0.1, -0.05) is 46.8 Å². The van der Waals surface area contributed by atoms with Crippen molar-refractivity contribution in [3.63, 3.8) is 0 Å². The van der Waals surface area contributed by atoms with Gasteiger partial charge in [0, 0.05) is 11.1 Å². The van der Waals surface area contributed by atoms with Crippen molar-refractivity contribution in [3.05, 3.63) is 69.3 Å². The van der Waals surface area contributed by atoms with Gasteiger partial charge in [-0.15, -0.1) is 0 Å². The lowest BCUT2D eigenvalue weighted by Gasteiger charge is -2.42. The quantitative estimate of drug-likeness (QED) is 0.680. The fourth-order valence-corrected chi connectivity index (χ4v) is 4.36. The van der Waals surface area contributed by atoms with Crippen molar-refractivity contribution in [3.8, 4) is 0 Å². The van der Waals surface area contributed by atoms with E-state index in [9.17, 15) is 14.7 Å². The van der Waals surface area contributed by atoms with Gasteiger partial charge in [0.15, 0.2) is 5.78 Å². The third kappa shape index (κ3) is 3.39. The SMILES string of the molecule is CCc1cc(C(=O)c2cc3c(cc2C)C(C)(C)CCC3(C)C)ccc1C(=O)O. The number of carboxylic acids is 1. The van der Waals surface area contributed by atoms with Gasteiger partial charge in [-0.2, -0.15) is 0 Å². The molecule has 0 atom stereocenters. The summed E-state index contributed by atoms with van der Waals surface area (Å²) in [5, 5.41) is 9.34. The number of hydrogen-bond donors (Lipinski definition) is 1. The summed E-state index contributed by atoms with van der Waals surface area (Å²) < 4.78 is 0. The lowest BCUT2D eigenvalue weighted by atomic mass is 9.62. The Hall–Kier alpha value is -2.42. The van der Waals surface area contributed by atoms with Crippen molar-refractivity contribution < 1.29 is 14.7 Å². The van der Waals surface area contributed by atoms with Crippen LogP contribution in [0.2, 0.25) is 0 Å². The third-order valence-electron chi connectivity index (χ3n) is 6.42. The monoisotopic (exact) mass is 378 g/mol. The second-order valence-corrected chi connectivity index (χ2v) is 9.34. The maximum absolute atomic E-state index is 13.3. The first-order chi connectivity index (χ1) is 13.0. The molecule has 28 heavy (non-hydrogen) atoms. The first-order valence-corrected chi connectivity index (χ1v) is 10.0. The van der Waals surface area contributed by atoms with Crippen LogP contribution in [0.15, 0.2) is 30.3 Å². The van der Waals surface area contributed by atoms with Crippen molar-refractivity contribution in [1.82, 2.24) is 0 Å². The highest BCUT2D eigenvalue weighted by atomic mass is 16.4. The number of aryl methyl sites for hydroxylation is 2. The Bertz CT molecular complexity index is 964. The molecule has 0 aliphatic heterocycles. The molecule has 0 amide bonds. The van der Waals surface area contributed by atoms with E-state index in [1.807, 2.05) is 13.8 Å². The Kier molecular flexibility index (Phi) is 4.99. The van der Waals surface area contributed by atoms with Crippen molar-refractivity contribution in [2.24, 2.45) is 0 Å². The van der Waals surface area contributed by atoms with E-state index in [2.05, 4.69) is 39.8 Å². The van der Waals surface area contributed by atoms with Crippen molar-refractivity contribution in [1.29, 1.82) is 0 Å². The summed E-state index contributed by atoms with van der Waals surface area (Å²) in [6.45, 7) is 13.0. The van der Waals surface area contributed by atoms with Gasteiger partial charge in [-0.05, 0) is 77.5 Å². The van der Waals surface area contributed by atoms with Gasteiger partial charge in [0.05, 0.1) is 5.56 Å². The van der Waals surface area contributed by atoms with Crippen LogP contribution < -0.4 is 0 Å². The van der Waals surface area contributed by atoms with Crippen molar-refractivity contribution in [2.45, 2.75) is 71.6 Å². The van der Waals surface area contributed by atoms with Crippen LogP contribution in [-0.4, -0.2) is 16.9 Å². The van der Waals surface area contributed by atoms with Crippen LogP contribution >= 0.6 is 0 Å². The molecule has 3 rings (SSSR count). The van der Waals surface area contributed by atoms with Crippen molar-refractivity contribution in [2.75, 3.05) is 0 Å². The van der Waals surface area contributed by atoms with E-state index in [4.69, 9.17) is 0 Å². The molecule has 0 unspecified atom stereocenters. The zero-order valence-electron chi connectivity index (χ0n) is 17.8. The van der Waals surface area contributed by atoms with Crippen LogP contribution in [0.1, 0.15) is 96.0 Å². The fraction of sp³-hybridized carbons (Fsp3) is 0.440. The number of rotatable bonds is 4. The Morgan fingerprint density at radius 1 is 0.929 bits per heavy atom. The number of aromatic carboxylic acids is 1. The molecule has 148 valence electrons. The molecule has 0 fully saturated rings. The largest absolute Gasteiger partial charge is 0.478 e. The lowest BCUT2D eigenvalue weighted by Crippen LogP contribution is -2.34. The average molecular weight is 379 g/mol. The average Bonchev–Trinajstić information content (AvgIpc) is 2.64. The third-order valence-corrected chi connectivity index (χ3v) is 6.42. The van der Waals surface area contributed by atoms with E-state index in [0.717, 1.165) is 24.0 Å². The van der Waals surface area contributed by atoms with Gasteiger partial charge in [0.2, 0.25) is 0 Å². The number of hydrogen-bond acceptors (Lipinski definition) is 2. The van der Waals surface area contributed by atoms with E-state index in [1.165, 1.54) is 11.1 Å². The van der Waals surface area contributed by atoms with E-state index in [-0.39, 0.29) is 22.2 Å². The topological polar surface area (TPSA) is 54.4 Å². The maximum atomic E-state index is 13.3. The molecule has 2 aromatic rings. The predicted octanol–water partition coefficient (Wildman–Crippen LogP) is 5.84. The standard InChI is InChI=1S/C25H30O3/c1-7-16-13-17(8-9-18(16)23(27)28)22(26)19-14-21-20(12-15(19)2)24(3,4)10-11-25(21,5)6/h8-9,12-14H,7,10-11H2,1-6H3,(H,27,28). The molecule has 0 saturated heterocycles. The minimum Gasteiger partial charge on any atom is -0.478 e. The number of ketones is 1. The van der Waals surface area contributed by atoms with Gasteiger partial charge >= 0.3 is 5.97 Å². The van der Waals surface area contributed by atoms with Gasteiger partial charge in [-0.25, -0.2) is 4.79 Å². The summed E-state index contributed by atoms with van der Waals surface area (Å²) in [7, 11) is 0. The Morgan fingerprint density at radius 2 is 1.50 bits per heavy atom. The summed E-state index contributed by atoms with van der Waals surface area (Å²) in [6.07, 6.45) is 2.81. The molecule has 0 saturated carbocycles. The molecule has 0 radical (unpaired) electrons. The summed E-state index contributed by atoms with van der Waals surface area (Å²) in [5.41, 5.74) is 5.95. The molecule has 3 heteroatoms. The fourth-order valence-electron chi connectivity index (χ4n) is 4.36. The number of carboxylic acid groups (broad SMARTS) is 1. The molecule has 1 aliphatic carbocycles. The Labute approximate surface area is 167 Å². The molecular formula is C25H30O3. The summed E-state index contributed by atoms with van der Waals surface area (Å²) >= 11 is 0. The number of fused-ring (bicyclic) bond motifs is 1. The summed E-state index contributed by atoms with van der Waals surface area (Å²) in [4.78, 5) is 24.7. The second-order valence-electron chi connectivity index (χ2n) is 9.34. The first-order valence-electron chi connectivity index (χ1n) is 10.0. The lowest BCUT2D eigenvalue weighted by molar-refractivity contribution is 0.0695. The Balaban J connectivity index is 2.12. The van der Waals surface area contributed by atoms with Crippen LogP contribution in [-0.2, 0) is 17.3 Å².